The van der Waals surface area contributed by atoms with Crippen LogP contribution < -0.4 is 10.3 Å². The van der Waals surface area contributed by atoms with Gasteiger partial charge < -0.3 is 9.84 Å². The fourth-order valence-corrected chi connectivity index (χ4v) is 9.35. The number of hydrogen-bond donors (Lipinski definition) is 1. The number of carbonyl (C=O) groups is 1. The summed E-state index contributed by atoms with van der Waals surface area (Å²) in [6, 6.07) is 7.27. The number of piperidine rings is 1. The average molecular weight is 681 g/mol. The Labute approximate surface area is 279 Å². The van der Waals surface area contributed by atoms with E-state index in [9.17, 15) is 23.5 Å². The molecule has 12 heteroatoms. The van der Waals surface area contributed by atoms with Crippen LogP contribution in [0.25, 0.3) is 21.3 Å². The Morgan fingerprint density at radius 1 is 1.17 bits per heavy atom. The normalized spacial score (nSPS) is 24.1. The van der Waals surface area contributed by atoms with E-state index in [0.717, 1.165) is 53.7 Å². The third-order valence-electron chi connectivity index (χ3n) is 10.9. The quantitative estimate of drug-likeness (QED) is 0.224. The number of alkyl halides is 2. The van der Waals surface area contributed by atoms with Gasteiger partial charge in [0, 0.05) is 57.2 Å². The summed E-state index contributed by atoms with van der Waals surface area (Å²) in [5.74, 6) is -2.42. The Morgan fingerprint density at radius 3 is 2.68 bits per heavy atom. The number of aromatic carboxylic acids is 1. The van der Waals surface area contributed by atoms with Gasteiger partial charge in [-0.2, -0.15) is 0 Å². The molecule has 3 fully saturated rings. The molecule has 2 saturated carbocycles. The summed E-state index contributed by atoms with van der Waals surface area (Å²) >= 11 is 7.73. The summed E-state index contributed by atoms with van der Waals surface area (Å²) in [4.78, 5) is 37.6. The van der Waals surface area contributed by atoms with E-state index in [4.69, 9.17) is 21.3 Å². The highest BCUT2D eigenvalue weighted by Gasteiger charge is 2.71. The number of likely N-dealkylation sites (tertiary alicyclic amines) is 1. The fraction of sp³-hybridized carbons (Fsp3) is 0.486. The first kappa shape index (κ1) is 30.9. The molecule has 47 heavy (non-hydrogen) atoms. The summed E-state index contributed by atoms with van der Waals surface area (Å²) < 4.78 is 37.4. The number of benzene rings is 1. The predicted octanol–water partition coefficient (Wildman–Crippen LogP) is 7.04. The second-order valence-electron chi connectivity index (χ2n) is 14.0. The number of ether oxygens (including phenoxy) is 1. The highest BCUT2D eigenvalue weighted by molar-refractivity contribution is 7.18. The van der Waals surface area contributed by atoms with Crippen molar-refractivity contribution in [1.82, 2.24) is 19.4 Å². The zero-order valence-electron chi connectivity index (χ0n) is 26.2. The fourth-order valence-electron chi connectivity index (χ4n) is 8.17. The maximum atomic E-state index is 14.3. The van der Waals surface area contributed by atoms with Gasteiger partial charge in [-0.3, -0.25) is 19.2 Å². The van der Waals surface area contributed by atoms with E-state index < -0.39 is 17.3 Å². The molecule has 3 aliphatic carbocycles. The molecule has 246 valence electrons. The lowest BCUT2D eigenvalue weighted by Crippen LogP contribution is -2.50. The second kappa shape index (κ2) is 10.8. The Bertz CT molecular complexity index is 2020. The van der Waals surface area contributed by atoms with Crippen molar-refractivity contribution in [2.24, 2.45) is 5.41 Å². The molecule has 2 atom stereocenters. The van der Waals surface area contributed by atoms with Crippen LogP contribution in [0.15, 0.2) is 34.4 Å². The molecule has 8 rings (SSSR count). The highest BCUT2D eigenvalue weighted by Crippen LogP contribution is 2.65. The van der Waals surface area contributed by atoms with Crippen LogP contribution in [0.3, 0.4) is 0 Å². The molecule has 4 aromatic rings. The minimum atomic E-state index is -2.57. The maximum Gasteiger partial charge on any atom is 0.338 e. The van der Waals surface area contributed by atoms with Crippen molar-refractivity contribution in [2.45, 2.75) is 82.7 Å². The van der Waals surface area contributed by atoms with E-state index in [2.05, 4.69) is 9.88 Å². The number of carboxylic acid groups (broad SMARTS) is 1. The summed E-state index contributed by atoms with van der Waals surface area (Å²) in [5, 5.41) is 11.8. The summed E-state index contributed by atoms with van der Waals surface area (Å²) in [5.41, 5.74) is 3.27. The minimum Gasteiger partial charge on any atom is -0.491 e. The number of fused-ring (bicyclic) bond motifs is 3. The number of rotatable bonds is 7. The number of hydrogen-bond acceptors (Lipinski definition) is 7. The van der Waals surface area contributed by atoms with E-state index in [1.54, 1.807) is 28.1 Å². The largest absolute Gasteiger partial charge is 0.491 e. The molecular formula is C35H35ClF2N4O4S. The van der Waals surface area contributed by atoms with E-state index in [0.29, 0.717) is 52.8 Å². The Hall–Kier alpha value is -3.41. The molecule has 8 nitrogen and oxygen atoms in total. The topological polar surface area (TPSA) is 97.6 Å². The van der Waals surface area contributed by atoms with Gasteiger partial charge in [0.05, 0.1) is 33.4 Å². The summed E-state index contributed by atoms with van der Waals surface area (Å²) in [7, 11) is 0. The molecule has 0 unspecified atom stereocenters. The lowest BCUT2D eigenvalue weighted by Gasteiger charge is -2.42. The van der Waals surface area contributed by atoms with Crippen molar-refractivity contribution < 1.29 is 23.4 Å². The van der Waals surface area contributed by atoms with E-state index >= 15 is 0 Å². The van der Waals surface area contributed by atoms with Gasteiger partial charge in [0.1, 0.15) is 18.2 Å². The molecule has 1 aliphatic heterocycles. The van der Waals surface area contributed by atoms with Gasteiger partial charge in [-0.25, -0.2) is 18.6 Å². The molecule has 3 aromatic heterocycles. The van der Waals surface area contributed by atoms with Gasteiger partial charge in [0.2, 0.25) is 0 Å². The number of nitrogens with zero attached hydrogens (tertiary/aromatic N) is 4. The van der Waals surface area contributed by atoms with Crippen molar-refractivity contribution in [3.05, 3.63) is 73.4 Å². The van der Waals surface area contributed by atoms with E-state index in [1.807, 2.05) is 19.9 Å². The van der Waals surface area contributed by atoms with Crippen molar-refractivity contribution in [3.8, 4) is 16.9 Å². The van der Waals surface area contributed by atoms with Crippen molar-refractivity contribution in [1.29, 1.82) is 0 Å². The van der Waals surface area contributed by atoms with Crippen LogP contribution in [0.5, 0.6) is 5.75 Å². The number of halogens is 3. The van der Waals surface area contributed by atoms with Gasteiger partial charge >= 0.3 is 5.97 Å². The standard InChI is InChI=1S/C35H35ClF2N4O4S/c1-19-12-24(29-28(39-19)26(16-47-29)32(44)45)23-13-21(36)4-5-27(23)46-11-10-42-20(2)40-30-25(31(42)43)14-22(15-33(30)7-8-33)41-9-3-6-34(18-41)17-35(34,37)38/h4-5,12-13,16,22H,3,6-11,14-15,17-18H2,1-2H3,(H,44,45)/t22-,34+/m0/s1. The van der Waals surface area contributed by atoms with Crippen LogP contribution >= 0.6 is 22.9 Å². The molecule has 4 aliphatic rings. The molecule has 0 radical (unpaired) electrons. The monoisotopic (exact) mass is 680 g/mol. The number of carboxylic acids is 1. The first-order valence-corrected chi connectivity index (χ1v) is 17.4. The van der Waals surface area contributed by atoms with E-state index in [-0.39, 0.29) is 42.2 Å². The van der Waals surface area contributed by atoms with Crippen LogP contribution in [0.2, 0.25) is 5.02 Å². The highest BCUT2D eigenvalue weighted by atomic mass is 35.5. The molecule has 4 heterocycles. The lowest BCUT2D eigenvalue weighted by atomic mass is 9.79. The van der Waals surface area contributed by atoms with Crippen LogP contribution in [0.1, 0.15) is 71.7 Å². The summed E-state index contributed by atoms with van der Waals surface area (Å²) in [6.45, 7) is 5.34. The molecule has 1 saturated heterocycles. The molecule has 2 spiro atoms. The van der Waals surface area contributed by atoms with Gasteiger partial charge in [-0.05, 0) is 83.2 Å². The van der Waals surface area contributed by atoms with Gasteiger partial charge in [0.25, 0.3) is 11.5 Å². The average Bonchev–Trinajstić information content (AvgIpc) is 3.83. The van der Waals surface area contributed by atoms with Gasteiger partial charge in [-0.15, -0.1) is 11.3 Å². The smallest absolute Gasteiger partial charge is 0.338 e. The third kappa shape index (κ3) is 5.07. The van der Waals surface area contributed by atoms with Crippen LogP contribution in [-0.4, -0.2) is 62.2 Å². The number of aryl methyl sites for hydroxylation is 2. The number of aromatic nitrogens is 3. The molecule has 0 amide bonds. The van der Waals surface area contributed by atoms with E-state index in [1.165, 1.54) is 11.3 Å². The maximum absolute atomic E-state index is 14.3. The SMILES string of the molecule is Cc1cc(-c2cc(Cl)ccc2OCCn2c(C)nc3c(c2=O)C[C@H](N2CCC[C@]4(C2)CC4(F)F)CC32CC2)c2scc(C(=O)O)c2n1. The molecular weight excluding hydrogens is 646 g/mol. The number of pyridine rings is 1. The van der Waals surface area contributed by atoms with Gasteiger partial charge in [-0.1, -0.05) is 11.6 Å². The minimum absolute atomic E-state index is 0.0177. The molecule has 0 bridgehead atoms. The van der Waals surface area contributed by atoms with Crippen LogP contribution in [0, 0.1) is 19.3 Å². The first-order valence-electron chi connectivity index (χ1n) is 16.2. The van der Waals surface area contributed by atoms with Gasteiger partial charge in [0.15, 0.2) is 0 Å². The Kier molecular flexibility index (Phi) is 7.10. The Morgan fingerprint density at radius 2 is 1.96 bits per heavy atom. The number of thiophene rings is 1. The van der Waals surface area contributed by atoms with Crippen molar-refractivity contribution >= 4 is 39.1 Å². The summed E-state index contributed by atoms with van der Waals surface area (Å²) in [6.07, 6.45) is 4.69. The molecule has 1 aromatic carbocycles. The first-order chi connectivity index (χ1) is 22.4. The molecule has 1 N–H and O–H groups in total. The van der Waals surface area contributed by atoms with Crippen LogP contribution in [0.4, 0.5) is 8.78 Å². The predicted molar refractivity (Wildman–Crippen MR) is 176 cm³/mol. The van der Waals surface area contributed by atoms with Crippen molar-refractivity contribution in [3.63, 3.8) is 0 Å². The van der Waals surface area contributed by atoms with Crippen molar-refractivity contribution in [2.75, 3.05) is 19.7 Å². The third-order valence-corrected chi connectivity index (χ3v) is 12.1. The zero-order valence-corrected chi connectivity index (χ0v) is 27.8. The van der Waals surface area contributed by atoms with Crippen LogP contribution in [-0.2, 0) is 18.4 Å². The Balaban J connectivity index is 1.06. The lowest BCUT2D eigenvalue weighted by molar-refractivity contribution is 0.00859. The zero-order chi connectivity index (χ0) is 32.9. The second-order valence-corrected chi connectivity index (χ2v) is 15.3.